The quantitative estimate of drug-likeness (QED) is 0.906. The van der Waals surface area contributed by atoms with Crippen LogP contribution in [-0.2, 0) is 0 Å². The van der Waals surface area contributed by atoms with Crippen LogP contribution in [0.15, 0.2) is 48.7 Å². The summed E-state index contributed by atoms with van der Waals surface area (Å²) in [7, 11) is 2.18. The van der Waals surface area contributed by atoms with Crippen molar-refractivity contribution in [2.24, 2.45) is 0 Å². The SMILES string of the molecule is CN1CCN(c2ccc(N)nc2)C(c2ccccc2)C1. The van der Waals surface area contributed by atoms with E-state index in [0.29, 0.717) is 11.9 Å². The van der Waals surface area contributed by atoms with E-state index in [1.807, 2.05) is 12.3 Å². The molecule has 0 aliphatic carbocycles. The number of nitrogens with zero attached hydrogens (tertiary/aromatic N) is 3. The summed E-state index contributed by atoms with van der Waals surface area (Å²) in [4.78, 5) is 9.02. The lowest BCUT2D eigenvalue weighted by atomic mass is 10.0. The van der Waals surface area contributed by atoms with Gasteiger partial charge in [-0.3, -0.25) is 0 Å². The fourth-order valence-corrected chi connectivity index (χ4v) is 2.76. The lowest BCUT2D eigenvalue weighted by Gasteiger charge is -2.41. The van der Waals surface area contributed by atoms with Gasteiger partial charge in [0.2, 0.25) is 0 Å². The van der Waals surface area contributed by atoms with E-state index in [2.05, 4.69) is 58.2 Å². The Bertz CT molecular complexity index is 552. The highest BCUT2D eigenvalue weighted by Gasteiger charge is 2.26. The van der Waals surface area contributed by atoms with E-state index in [-0.39, 0.29) is 0 Å². The van der Waals surface area contributed by atoms with Gasteiger partial charge in [0.25, 0.3) is 0 Å². The van der Waals surface area contributed by atoms with Crippen LogP contribution in [-0.4, -0.2) is 36.6 Å². The van der Waals surface area contributed by atoms with Crippen molar-refractivity contribution in [1.29, 1.82) is 0 Å². The number of rotatable bonds is 2. The molecule has 0 saturated carbocycles. The van der Waals surface area contributed by atoms with Gasteiger partial charge in [-0.05, 0) is 24.7 Å². The first kappa shape index (κ1) is 12.9. The summed E-state index contributed by atoms with van der Waals surface area (Å²) in [5, 5.41) is 0. The highest BCUT2D eigenvalue weighted by molar-refractivity contribution is 5.51. The molecule has 0 spiro atoms. The first-order valence-electron chi connectivity index (χ1n) is 6.96. The fourth-order valence-electron chi connectivity index (χ4n) is 2.76. The van der Waals surface area contributed by atoms with Crippen molar-refractivity contribution in [3.05, 3.63) is 54.2 Å². The molecule has 1 fully saturated rings. The molecule has 0 bridgehead atoms. The molecule has 104 valence electrons. The molecular formula is C16H20N4. The number of pyridine rings is 1. The van der Waals surface area contributed by atoms with Gasteiger partial charge >= 0.3 is 0 Å². The minimum atomic E-state index is 0.361. The molecule has 2 aromatic rings. The number of hydrogen-bond acceptors (Lipinski definition) is 4. The molecule has 1 aromatic heterocycles. The minimum absolute atomic E-state index is 0.361. The van der Waals surface area contributed by atoms with Crippen LogP contribution in [0.4, 0.5) is 11.5 Å². The summed E-state index contributed by atoms with van der Waals surface area (Å²) < 4.78 is 0. The molecule has 0 amide bonds. The number of anilines is 2. The van der Waals surface area contributed by atoms with Gasteiger partial charge in [-0.25, -0.2) is 4.98 Å². The Morgan fingerprint density at radius 1 is 1.10 bits per heavy atom. The summed E-state index contributed by atoms with van der Waals surface area (Å²) >= 11 is 0. The zero-order valence-electron chi connectivity index (χ0n) is 11.7. The van der Waals surface area contributed by atoms with E-state index in [1.54, 1.807) is 0 Å². The highest BCUT2D eigenvalue weighted by Crippen LogP contribution is 2.29. The summed E-state index contributed by atoms with van der Waals surface area (Å²) in [5.74, 6) is 0.569. The van der Waals surface area contributed by atoms with Gasteiger partial charge in [-0.1, -0.05) is 30.3 Å². The summed E-state index contributed by atoms with van der Waals surface area (Å²) in [5.41, 5.74) is 8.17. The maximum absolute atomic E-state index is 5.69. The van der Waals surface area contributed by atoms with Crippen LogP contribution in [0.25, 0.3) is 0 Å². The molecule has 2 heterocycles. The molecule has 1 aliphatic rings. The van der Waals surface area contributed by atoms with Crippen LogP contribution in [0.1, 0.15) is 11.6 Å². The van der Waals surface area contributed by atoms with Crippen molar-refractivity contribution in [1.82, 2.24) is 9.88 Å². The molecule has 20 heavy (non-hydrogen) atoms. The summed E-state index contributed by atoms with van der Waals surface area (Å²) in [6, 6.07) is 14.9. The van der Waals surface area contributed by atoms with Gasteiger partial charge in [0.1, 0.15) is 5.82 Å². The molecular weight excluding hydrogens is 248 g/mol. The Morgan fingerprint density at radius 3 is 2.60 bits per heavy atom. The monoisotopic (exact) mass is 268 g/mol. The molecule has 4 nitrogen and oxygen atoms in total. The average molecular weight is 268 g/mol. The van der Waals surface area contributed by atoms with Gasteiger partial charge in [0, 0.05) is 19.6 Å². The second-order valence-corrected chi connectivity index (χ2v) is 5.32. The van der Waals surface area contributed by atoms with Gasteiger partial charge in [-0.15, -0.1) is 0 Å². The maximum atomic E-state index is 5.69. The number of benzene rings is 1. The Kier molecular flexibility index (Phi) is 3.56. The van der Waals surface area contributed by atoms with Crippen molar-refractivity contribution in [2.75, 3.05) is 37.3 Å². The lowest BCUT2D eigenvalue weighted by Crippen LogP contribution is -2.47. The number of likely N-dealkylation sites (N-methyl/N-ethyl adjacent to an activating group) is 1. The third-order valence-electron chi connectivity index (χ3n) is 3.87. The molecule has 2 N–H and O–H groups in total. The topological polar surface area (TPSA) is 45.4 Å². The molecule has 1 aliphatic heterocycles. The van der Waals surface area contributed by atoms with E-state index in [1.165, 1.54) is 5.56 Å². The van der Waals surface area contributed by atoms with E-state index in [0.717, 1.165) is 25.3 Å². The predicted molar refractivity (Wildman–Crippen MR) is 82.7 cm³/mol. The number of nitrogens with two attached hydrogens (primary N) is 1. The first-order valence-corrected chi connectivity index (χ1v) is 6.96. The third-order valence-corrected chi connectivity index (χ3v) is 3.87. The highest BCUT2D eigenvalue weighted by atomic mass is 15.3. The van der Waals surface area contributed by atoms with Gasteiger partial charge < -0.3 is 15.5 Å². The van der Waals surface area contributed by atoms with Gasteiger partial charge in [0.15, 0.2) is 0 Å². The van der Waals surface area contributed by atoms with Crippen LogP contribution in [0, 0.1) is 0 Å². The van der Waals surface area contributed by atoms with Crippen molar-refractivity contribution in [3.8, 4) is 0 Å². The molecule has 1 saturated heterocycles. The Labute approximate surface area is 119 Å². The Balaban J connectivity index is 1.92. The Morgan fingerprint density at radius 2 is 1.90 bits per heavy atom. The van der Waals surface area contributed by atoms with E-state index >= 15 is 0 Å². The standard InChI is InChI=1S/C16H20N4/c1-19-9-10-20(14-7-8-16(17)18-11-14)15(12-19)13-5-3-2-4-6-13/h2-8,11,15H,9-10,12H2,1H3,(H2,17,18). The number of hydrogen-bond donors (Lipinski definition) is 1. The van der Waals surface area contributed by atoms with Crippen molar-refractivity contribution in [3.63, 3.8) is 0 Å². The molecule has 0 radical (unpaired) electrons. The van der Waals surface area contributed by atoms with E-state index in [9.17, 15) is 0 Å². The normalized spacial score (nSPS) is 20.1. The first-order chi connectivity index (χ1) is 9.74. The van der Waals surface area contributed by atoms with Crippen LogP contribution in [0.2, 0.25) is 0 Å². The van der Waals surface area contributed by atoms with Crippen LogP contribution in [0.5, 0.6) is 0 Å². The molecule has 1 aromatic carbocycles. The van der Waals surface area contributed by atoms with E-state index in [4.69, 9.17) is 5.73 Å². The van der Waals surface area contributed by atoms with Crippen molar-refractivity contribution < 1.29 is 0 Å². The number of piperazine rings is 1. The fraction of sp³-hybridized carbons (Fsp3) is 0.312. The minimum Gasteiger partial charge on any atom is -0.384 e. The van der Waals surface area contributed by atoms with Gasteiger partial charge in [0.05, 0.1) is 17.9 Å². The second-order valence-electron chi connectivity index (χ2n) is 5.32. The zero-order chi connectivity index (χ0) is 13.9. The smallest absolute Gasteiger partial charge is 0.123 e. The average Bonchev–Trinajstić information content (AvgIpc) is 2.49. The van der Waals surface area contributed by atoms with Crippen molar-refractivity contribution >= 4 is 11.5 Å². The van der Waals surface area contributed by atoms with Crippen LogP contribution in [0.3, 0.4) is 0 Å². The second kappa shape index (κ2) is 5.51. The van der Waals surface area contributed by atoms with Crippen LogP contribution < -0.4 is 10.6 Å². The number of aromatic nitrogens is 1. The largest absolute Gasteiger partial charge is 0.384 e. The summed E-state index contributed by atoms with van der Waals surface area (Å²) in [6.07, 6.45) is 1.87. The van der Waals surface area contributed by atoms with E-state index < -0.39 is 0 Å². The lowest BCUT2D eigenvalue weighted by molar-refractivity contribution is 0.269. The predicted octanol–water partition coefficient (Wildman–Crippen LogP) is 2.16. The Hall–Kier alpha value is -2.07. The maximum Gasteiger partial charge on any atom is 0.123 e. The third kappa shape index (κ3) is 2.60. The number of nitrogen functional groups attached to an aromatic ring is 1. The van der Waals surface area contributed by atoms with Crippen molar-refractivity contribution in [2.45, 2.75) is 6.04 Å². The molecule has 1 atom stereocenters. The summed E-state index contributed by atoms with van der Waals surface area (Å²) in [6.45, 7) is 3.09. The molecule has 3 rings (SSSR count). The van der Waals surface area contributed by atoms with Crippen LogP contribution >= 0.6 is 0 Å². The molecule has 4 heteroatoms. The zero-order valence-corrected chi connectivity index (χ0v) is 11.7. The molecule has 1 unspecified atom stereocenters. The van der Waals surface area contributed by atoms with Gasteiger partial charge in [-0.2, -0.15) is 0 Å².